The molecule has 202 valence electrons. The summed E-state index contributed by atoms with van der Waals surface area (Å²) in [6.07, 6.45) is 11.3. The lowest BCUT2D eigenvalue weighted by Crippen LogP contribution is -2.50. The van der Waals surface area contributed by atoms with E-state index in [2.05, 4.69) is 25.9 Å². The van der Waals surface area contributed by atoms with Crippen molar-refractivity contribution < 1.29 is 18.6 Å². The number of nitrogens with zero attached hydrogens (tertiary/aromatic N) is 6. The van der Waals surface area contributed by atoms with Crippen LogP contribution in [-0.4, -0.2) is 70.7 Å². The fourth-order valence-corrected chi connectivity index (χ4v) is 5.77. The van der Waals surface area contributed by atoms with Crippen molar-refractivity contribution in [2.75, 3.05) is 31.1 Å². The molecule has 1 N–H and O–H groups in total. The van der Waals surface area contributed by atoms with E-state index in [0.717, 1.165) is 45.3 Å². The molecule has 0 spiro atoms. The molecular weight excluding hydrogens is 514 g/mol. The van der Waals surface area contributed by atoms with Gasteiger partial charge < -0.3 is 14.7 Å². The van der Waals surface area contributed by atoms with Gasteiger partial charge in [-0.05, 0) is 51.3 Å². The molecule has 5 atom stereocenters. The zero-order valence-electron chi connectivity index (χ0n) is 21.2. The van der Waals surface area contributed by atoms with E-state index in [1.807, 2.05) is 42.2 Å². The SMILES string of the molecule is CC1(C#N)CCCN(C2C=C(Cl)C=NC2O)C1.FC(F)c1nc2c(c(N3CCCC3)n1)OC1C=CC=CC21. The fraction of sp³-hybridized carbons (Fsp3) is 0.556. The van der Waals surface area contributed by atoms with Crippen LogP contribution in [0.25, 0.3) is 0 Å². The lowest BCUT2D eigenvalue weighted by atomic mass is 9.82. The Bertz CT molecular complexity index is 1210. The Balaban J connectivity index is 0.000000159. The van der Waals surface area contributed by atoms with Gasteiger partial charge in [-0.3, -0.25) is 9.89 Å². The number of ether oxygens (including phenoxy) is 1. The number of aliphatic imine (C=N–C) groups is 1. The molecular formula is C27H31ClF2N6O2. The molecule has 2 saturated heterocycles. The second-order valence-electron chi connectivity index (χ2n) is 10.5. The summed E-state index contributed by atoms with van der Waals surface area (Å²) in [5.74, 6) is 0.617. The summed E-state index contributed by atoms with van der Waals surface area (Å²) < 4.78 is 32.2. The van der Waals surface area contributed by atoms with Crippen molar-refractivity contribution in [2.45, 2.75) is 63.3 Å². The Morgan fingerprint density at radius 1 is 1.18 bits per heavy atom. The van der Waals surface area contributed by atoms with E-state index < -0.39 is 18.5 Å². The number of aliphatic hydroxyl groups is 1. The number of aromatic nitrogens is 2. The normalized spacial score (nSPS) is 31.7. The Hall–Kier alpha value is -2.87. The van der Waals surface area contributed by atoms with Crippen molar-refractivity contribution in [3.05, 3.63) is 46.9 Å². The first-order valence-corrected chi connectivity index (χ1v) is 13.4. The highest BCUT2D eigenvalue weighted by molar-refractivity contribution is 6.39. The summed E-state index contributed by atoms with van der Waals surface area (Å²) in [7, 11) is 0. The molecule has 8 nitrogen and oxygen atoms in total. The molecule has 1 aliphatic carbocycles. The Kier molecular flexibility index (Phi) is 7.80. The number of alkyl halides is 2. The minimum atomic E-state index is -2.67. The van der Waals surface area contributed by atoms with Gasteiger partial charge in [0.1, 0.15) is 6.10 Å². The molecule has 1 aromatic heterocycles. The van der Waals surface area contributed by atoms with Crippen molar-refractivity contribution in [1.29, 1.82) is 5.26 Å². The zero-order chi connectivity index (χ0) is 26.9. The number of dihydropyridines is 1. The smallest absolute Gasteiger partial charge is 0.297 e. The summed E-state index contributed by atoms with van der Waals surface area (Å²) in [6, 6.07) is 2.15. The van der Waals surface area contributed by atoms with Gasteiger partial charge in [0.05, 0.1) is 34.2 Å². The molecule has 0 radical (unpaired) electrons. The number of likely N-dealkylation sites (tertiary alicyclic amines) is 1. The molecule has 5 heterocycles. The third kappa shape index (κ3) is 5.46. The summed E-state index contributed by atoms with van der Waals surface area (Å²) in [5.41, 5.74) is 0.257. The van der Waals surface area contributed by atoms with E-state index in [0.29, 0.717) is 28.8 Å². The second-order valence-corrected chi connectivity index (χ2v) is 10.9. The Labute approximate surface area is 226 Å². The molecule has 4 aliphatic heterocycles. The molecule has 2 fully saturated rings. The van der Waals surface area contributed by atoms with E-state index in [4.69, 9.17) is 16.3 Å². The highest BCUT2D eigenvalue weighted by atomic mass is 35.5. The number of nitriles is 1. The van der Waals surface area contributed by atoms with Crippen molar-refractivity contribution in [3.63, 3.8) is 0 Å². The van der Waals surface area contributed by atoms with Crippen LogP contribution in [0.1, 0.15) is 56.5 Å². The Morgan fingerprint density at radius 3 is 2.68 bits per heavy atom. The van der Waals surface area contributed by atoms with Gasteiger partial charge in [0.25, 0.3) is 6.43 Å². The average molecular weight is 545 g/mol. The highest BCUT2D eigenvalue weighted by Gasteiger charge is 2.39. The molecule has 5 aliphatic rings. The average Bonchev–Trinajstić information content (AvgIpc) is 3.58. The van der Waals surface area contributed by atoms with E-state index in [9.17, 15) is 19.1 Å². The van der Waals surface area contributed by atoms with Crippen molar-refractivity contribution >= 4 is 23.6 Å². The molecule has 0 aromatic carbocycles. The second kappa shape index (κ2) is 11.1. The molecule has 11 heteroatoms. The van der Waals surface area contributed by atoms with Gasteiger partial charge in [0.15, 0.2) is 23.6 Å². The van der Waals surface area contributed by atoms with Crippen LogP contribution >= 0.6 is 11.6 Å². The molecule has 38 heavy (non-hydrogen) atoms. The van der Waals surface area contributed by atoms with Crippen molar-refractivity contribution in [3.8, 4) is 11.8 Å². The van der Waals surface area contributed by atoms with Crippen LogP contribution in [0.3, 0.4) is 0 Å². The Morgan fingerprint density at radius 2 is 1.95 bits per heavy atom. The monoisotopic (exact) mass is 544 g/mol. The van der Waals surface area contributed by atoms with Gasteiger partial charge in [-0.15, -0.1) is 0 Å². The quantitative estimate of drug-likeness (QED) is 0.598. The minimum Gasteiger partial charge on any atom is -0.479 e. The number of hydrogen-bond acceptors (Lipinski definition) is 8. The summed E-state index contributed by atoms with van der Waals surface area (Å²) in [5, 5.41) is 19.6. The minimum absolute atomic E-state index is 0.0909. The topological polar surface area (TPSA) is 97.9 Å². The number of aliphatic hydroxyl groups excluding tert-OH is 1. The van der Waals surface area contributed by atoms with Crippen LogP contribution < -0.4 is 9.64 Å². The number of allylic oxidation sites excluding steroid dienone is 3. The number of anilines is 1. The zero-order valence-corrected chi connectivity index (χ0v) is 21.9. The lowest BCUT2D eigenvalue weighted by Gasteiger charge is -2.41. The van der Waals surface area contributed by atoms with Gasteiger partial charge in [0, 0.05) is 25.8 Å². The van der Waals surface area contributed by atoms with E-state index in [-0.39, 0.29) is 23.5 Å². The third-order valence-corrected chi connectivity index (χ3v) is 7.77. The number of piperidine rings is 1. The van der Waals surface area contributed by atoms with E-state index in [1.165, 1.54) is 6.21 Å². The first-order valence-electron chi connectivity index (χ1n) is 13.0. The van der Waals surface area contributed by atoms with Crippen molar-refractivity contribution in [2.24, 2.45) is 10.4 Å². The van der Waals surface area contributed by atoms with Gasteiger partial charge >= 0.3 is 0 Å². The lowest BCUT2D eigenvalue weighted by molar-refractivity contribution is 0.0402. The highest BCUT2D eigenvalue weighted by Crippen LogP contribution is 2.46. The predicted molar refractivity (Wildman–Crippen MR) is 141 cm³/mol. The summed E-state index contributed by atoms with van der Waals surface area (Å²) >= 11 is 5.91. The molecule has 0 saturated carbocycles. The van der Waals surface area contributed by atoms with Crippen LogP contribution in [0, 0.1) is 16.7 Å². The van der Waals surface area contributed by atoms with Crippen LogP contribution in [0.2, 0.25) is 0 Å². The van der Waals surface area contributed by atoms with Crippen LogP contribution in [-0.2, 0) is 0 Å². The van der Waals surface area contributed by atoms with Gasteiger partial charge in [-0.25, -0.2) is 18.7 Å². The van der Waals surface area contributed by atoms with Crippen molar-refractivity contribution in [1.82, 2.24) is 14.9 Å². The molecule has 6 rings (SSSR count). The predicted octanol–water partition coefficient (Wildman–Crippen LogP) is 4.49. The van der Waals surface area contributed by atoms with E-state index >= 15 is 0 Å². The third-order valence-electron chi connectivity index (χ3n) is 7.55. The largest absolute Gasteiger partial charge is 0.479 e. The maximum Gasteiger partial charge on any atom is 0.297 e. The molecule has 5 unspecified atom stereocenters. The number of hydrogen-bond donors (Lipinski definition) is 1. The number of rotatable bonds is 3. The van der Waals surface area contributed by atoms with Crippen LogP contribution in [0.5, 0.6) is 5.75 Å². The number of fused-ring (bicyclic) bond motifs is 3. The standard InChI is InChI=1S/C15H15F2N3O.C12H16ClN3O/c16-13(17)14-18-11-9-5-1-2-6-10(9)21-12(11)15(19-14)20-7-3-4-8-20;1-12(7-14)3-2-4-16(8-12)10-5-9(13)6-15-11(10)17/h1-2,5-6,9-10,13H,3-4,7-8H2;5-6,10-11,17H,2-4,8H2,1H3. The van der Waals surface area contributed by atoms with E-state index in [1.54, 1.807) is 0 Å². The molecule has 1 aromatic rings. The number of halogens is 3. The fourth-order valence-electron chi connectivity index (χ4n) is 5.58. The van der Waals surface area contributed by atoms with Gasteiger partial charge in [0.2, 0.25) is 0 Å². The van der Waals surface area contributed by atoms with Crippen LogP contribution in [0.15, 0.2) is 40.4 Å². The maximum atomic E-state index is 13.1. The maximum absolute atomic E-state index is 13.1. The van der Waals surface area contributed by atoms with Gasteiger partial charge in [-0.2, -0.15) is 5.26 Å². The summed E-state index contributed by atoms with van der Waals surface area (Å²) in [4.78, 5) is 16.2. The molecule has 0 bridgehead atoms. The first kappa shape index (κ1) is 26.7. The molecule has 0 amide bonds. The van der Waals surface area contributed by atoms with Crippen LogP contribution in [0.4, 0.5) is 14.6 Å². The summed E-state index contributed by atoms with van der Waals surface area (Å²) in [6.45, 7) is 5.15. The van der Waals surface area contributed by atoms with Gasteiger partial charge in [-0.1, -0.05) is 29.8 Å². The first-order chi connectivity index (χ1) is 18.3.